The van der Waals surface area contributed by atoms with E-state index in [2.05, 4.69) is 57.5 Å². The number of carboxylic acid groups (broad SMARTS) is 3. The van der Waals surface area contributed by atoms with Crippen molar-refractivity contribution in [2.45, 2.75) is 60.0 Å². The van der Waals surface area contributed by atoms with E-state index in [4.69, 9.17) is 5.11 Å². The molecule has 0 aromatic carbocycles. The van der Waals surface area contributed by atoms with Crippen LogP contribution in [0.1, 0.15) is 54.4 Å². The van der Waals surface area contributed by atoms with Crippen molar-refractivity contribution < 1.29 is 50.8 Å². The molecule has 0 heterocycles. The topological polar surface area (TPSA) is 190 Å². The number of carbonyl (C=O) groups excluding carboxylic acids is 3. The van der Waals surface area contributed by atoms with Crippen molar-refractivity contribution in [2.75, 3.05) is 39.3 Å². The minimum absolute atomic E-state index is 1.22. The number of hydrogen-bond acceptors (Lipinski definition) is 7. The van der Waals surface area contributed by atoms with Crippen LogP contribution in [0, 0.1) is 0 Å². The zero-order chi connectivity index (χ0) is 23.0. The molecule has 7 N–H and O–H groups in total. The quantitative estimate of drug-likeness (QED) is 0.260. The molecule has 0 aliphatic heterocycles. The van der Waals surface area contributed by atoms with Gasteiger partial charge in [-0.05, 0) is 41.5 Å². The molecule has 0 aliphatic rings. The van der Waals surface area contributed by atoms with E-state index in [9.17, 15) is 29.7 Å². The zero-order valence-electron chi connectivity index (χ0n) is 18.3. The molecule has 0 aromatic heterocycles. The van der Waals surface area contributed by atoms with E-state index in [0.29, 0.717) is 0 Å². The zero-order valence-corrected chi connectivity index (χ0v) is 18.3. The summed E-state index contributed by atoms with van der Waals surface area (Å²) in [6.07, 6.45) is -2.72. The lowest BCUT2D eigenvalue weighted by molar-refractivity contribution is -0.648. The minimum Gasteiger partial charge on any atom is -0.550 e. The van der Waals surface area contributed by atoms with Crippen LogP contribution in [0.5, 0.6) is 0 Å². The Morgan fingerprint density at radius 2 is 0.857 bits per heavy atom. The smallest absolute Gasteiger partial charge is 0.114 e. The van der Waals surface area contributed by atoms with E-state index in [0.717, 1.165) is 0 Å². The highest BCUT2D eigenvalue weighted by Gasteiger charge is 2.29. The Bertz CT molecular complexity index is 344. The number of hydrogen-bond donors (Lipinski definition) is 4. The van der Waals surface area contributed by atoms with Crippen LogP contribution in [-0.2, 0) is 14.4 Å². The van der Waals surface area contributed by atoms with E-state index < -0.39 is 36.4 Å². The Balaban J connectivity index is -0.000000159. The minimum atomic E-state index is -2.97. The fraction of sp³-hybridized carbons (Fsp3) is 0.833. The number of aliphatic hydroxyl groups is 1. The third-order valence-electron chi connectivity index (χ3n) is 2.99. The Morgan fingerprint density at radius 1 is 0.643 bits per heavy atom. The van der Waals surface area contributed by atoms with Gasteiger partial charge in [0.1, 0.15) is 5.60 Å². The van der Waals surface area contributed by atoms with Crippen LogP contribution in [0.4, 0.5) is 0 Å². The molecule has 170 valence electrons. The number of rotatable bonds is 11. The molecular weight excluding hydrogens is 370 g/mol. The summed E-state index contributed by atoms with van der Waals surface area (Å²) in [4.78, 5) is 30.0. The Kier molecular flexibility index (Phi) is 30.5. The molecule has 0 radical (unpaired) electrons. The number of nitrogens with two attached hydrogens (primary N) is 3. The van der Waals surface area contributed by atoms with Crippen LogP contribution in [0.15, 0.2) is 0 Å². The predicted octanol–water partition coefficient (Wildman–Crippen LogP) is -6.48. The molecule has 28 heavy (non-hydrogen) atoms. The van der Waals surface area contributed by atoms with Gasteiger partial charge < -0.3 is 50.8 Å². The number of aliphatic carboxylic acids is 3. The normalized spacial score (nSPS) is 9.54. The van der Waals surface area contributed by atoms with E-state index in [1.54, 1.807) is 0 Å². The molecular formula is C18H41N3O7. The van der Waals surface area contributed by atoms with Crippen molar-refractivity contribution in [1.29, 1.82) is 0 Å². The summed E-state index contributed by atoms with van der Waals surface area (Å²) in [5.74, 6) is -5.98. The number of carbonyl (C=O) groups is 3. The number of carboxylic acids is 3. The van der Waals surface area contributed by atoms with Crippen molar-refractivity contribution in [1.82, 2.24) is 0 Å². The standard InChI is InChI=1S/C6H8O7.3C4H11N/c7-3(8)1-6(13,5(11)12)2-4(9)10;3*1-3-5-4-2/h13H,1-2H2,(H,7,8)(H,9,10)(H,11,12);3*5H,3-4H2,1-2H3. The highest BCUT2D eigenvalue weighted by Crippen LogP contribution is 2.13. The molecule has 0 fully saturated rings. The summed E-state index contributed by atoms with van der Waals surface area (Å²) in [6.45, 7) is 20.2. The third-order valence-corrected chi connectivity index (χ3v) is 2.99. The average Bonchev–Trinajstić information content (AvgIpc) is 2.57. The predicted molar refractivity (Wildman–Crippen MR) is 98.2 cm³/mol. The van der Waals surface area contributed by atoms with Gasteiger partial charge in [0.25, 0.3) is 0 Å². The van der Waals surface area contributed by atoms with E-state index >= 15 is 0 Å². The summed E-state index contributed by atoms with van der Waals surface area (Å²) in [5, 5.41) is 45.7. The Labute approximate surface area is 168 Å². The van der Waals surface area contributed by atoms with Crippen molar-refractivity contribution >= 4 is 17.9 Å². The molecule has 10 nitrogen and oxygen atoms in total. The summed E-state index contributed by atoms with van der Waals surface area (Å²) in [6, 6.07) is 0. The second kappa shape index (κ2) is 25.2. The third kappa shape index (κ3) is 32.0. The van der Waals surface area contributed by atoms with E-state index in [1.807, 2.05) is 0 Å². The molecule has 0 saturated heterocycles. The largest absolute Gasteiger partial charge is 0.550 e. The van der Waals surface area contributed by atoms with Crippen LogP contribution < -0.4 is 31.3 Å². The summed E-state index contributed by atoms with van der Waals surface area (Å²) in [7, 11) is 0. The monoisotopic (exact) mass is 411 g/mol. The first-order valence-corrected chi connectivity index (χ1v) is 9.80. The molecule has 0 bridgehead atoms. The molecule has 0 rings (SSSR count). The molecule has 0 saturated carbocycles. The van der Waals surface area contributed by atoms with Gasteiger partial charge in [0, 0.05) is 24.8 Å². The Morgan fingerprint density at radius 3 is 0.929 bits per heavy atom. The molecule has 0 spiro atoms. The first-order valence-electron chi connectivity index (χ1n) is 9.80. The SMILES string of the molecule is CC[NH2+]CC.CC[NH2+]CC.CC[NH2+]CC.O=C([O-])CC(O)(CC(=O)[O-])C(=O)[O-]. The van der Waals surface area contributed by atoms with Gasteiger partial charge in [-0.25, -0.2) is 0 Å². The van der Waals surface area contributed by atoms with Crippen molar-refractivity contribution in [3.8, 4) is 0 Å². The highest BCUT2D eigenvalue weighted by atomic mass is 16.4. The second-order valence-corrected chi connectivity index (χ2v) is 5.73. The first-order chi connectivity index (χ1) is 13.0. The van der Waals surface area contributed by atoms with Crippen LogP contribution >= 0.6 is 0 Å². The van der Waals surface area contributed by atoms with Crippen molar-refractivity contribution in [3.05, 3.63) is 0 Å². The second-order valence-electron chi connectivity index (χ2n) is 5.73. The van der Waals surface area contributed by atoms with Gasteiger partial charge in [0.15, 0.2) is 0 Å². The lowest BCUT2D eigenvalue weighted by atomic mass is 9.96. The molecule has 0 aliphatic carbocycles. The van der Waals surface area contributed by atoms with Crippen LogP contribution in [0.25, 0.3) is 0 Å². The van der Waals surface area contributed by atoms with Gasteiger partial charge in [-0.1, -0.05) is 0 Å². The molecule has 0 aromatic rings. The van der Waals surface area contributed by atoms with Gasteiger partial charge in [0.05, 0.1) is 45.2 Å². The maximum absolute atomic E-state index is 10.1. The van der Waals surface area contributed by atoms with Crippen molar-refractivity contribution in [2.24, 2.45) is 0 Å². The molecule has 0 amide bonds. The van der Waals surface area contributed by atoms with Gasteiger partial charge in [0.2, 0.25) is 0 Å². The van der Waals surface area contributed by atoms with Gasteiger partial charge in [-0.2, -0.15) is 0 Å². The fourth-order valence-electron chi connectivity index (χ4n) is 1.55. The molecule has 0 unspecified atom stereocenters. The van der Waals surface area contributed by atoms with Crippen LogP contribution in [0.3, 0.4) is 0 Å². The van der Waals surface area contributed by atoms with Gasteiger partial charge >= 0.3 is 0 Å². The summed E-state index contributed by atoms with van der Waals surface area (Å²) < 4.78 is 0. The maximum Gasteiger partial charge on any atom is 0.114 e. The van der Waals surface area contributed by atoms with Crippen molar-refractivity contribution in [3.63, 3.8) is 0 Å². The number of quaternary nitrogens is 3. The lowest BCUT2D eigenvalue weighted by Gasteiger charge is -2.29. The maximum atomic E-state index is 10.1. The lowest BCUT2D eigenvalue weighted by Crippen LogP contribution is -2.82. The van der Waals surface area contributed by atoms with Gasteiger partial charge in [-0.3, -0.25) is 0 Å². The van der Waals surface area contributed by atoms with E-state index in [1.165, 1.54) is 39.3 Å². The average molecular weight is 412 g/mol. The van der Waals surface area contributed by atoms with Gasteiger partial charge in [-0.15, -0.1) is 0 Å². The fourth-order valence-corrected chi connectivity index (χ4v) is 1.55. The van der Waals surface area contributed by atoms with Crippen LogP contribution in [0.2, 0.25) is 0 Å². The molecule has 10 heteroatoms. The van der Waals surface area contributed by atoms with E-state index in [-0.39, 0.29) is 0 Å². The highest BCUT2D eigenvalue weighted by molar-refractivity contribution is 5.86. The van der Waals surface area contributed by atoms with Crippen LogP contribution in [-0.4, -0.2) is 67.9 Å². The first kappa shape index (κ1) is 33.8. The summed E-state index contributed by atoms with van der Waals surface area (Å²) >= 11 is 0. The molecule has 0 atom stereocenters. The Hall–Kier alpha value is -1.75. The summed E-state index contributed by atoms with van der Waals surface area (Å²) in [5.41, 5.74) is -2.97.